The molecule has 1 heterocycles. The summed E-state index contributed by atoms with van der Waals surface area (Å²) in [5, 5.41) is 24.7. The van der Waals surface area contributed by atoms with E-state index in [0.717, 1.165) is 15.6 Å². The number of aromatic nitrogens is 1. The largest absolute Gasteiger partial charge is 0.507 e. The van der Waals surface area contributed by atoms with E-state index in [1.807, 2.05) is 25.1 Å². The molecular formula is C24H20N2O4S. The van der Waals surface area contributed by atoms with Gasteiger partial charge in [0.25, 0.3) is 0 Å². The van der Waals surface area contributed by atoms with E-state index in [2.05, 4.69) is 34.6 Å². The molecule has 0 fully saturated rings. The highest BCUT2D eigenvalue weighted by molar-refractivity contribution is 7.11. The monoisotopic (exact) mass is 432 g/mol. The standard InChI is InChI=1S/C24H20N2O4S/c1-14-21(13-22(28)26-17-9-10-20(27)19(12-17)24(29)30)31-23(25-14)11-16-7-4-6-15-5-2-3-8-18(15)16/h2-10,12,27H,11,13H2,1H3,(H,26,28)(H,29,30). The molecule has 0 radical (unpaired) electrons. The number of aromatic hydroxyl groups is 1. The Balaban J connectivity index is 1.48. The van der Waals surface area contributed by atoms with E-state index in [9.17, 15) is 14.7 Å². The van der Waals surface area contributed by atoms with Crippen molar-refractivity contribution in [2.24, 2.45) is 0 Å². The Morgan fingerprint density at radius 3 is 2.65 bits per heavy atom. The Labute approximate surface area is 182 Å². The number of carboxylic acids is 1. The van der Waals surface area contributed by atoms with Gasteiger partial charge in [0, 0.05) is 17.0 Å². The highest BCUT2D eigenvalue weighted by atomic mass is 32.1. The maximum absolute atomic E-state index is 12.5. The van der Waals surface area contributed by atoms with Crippen LogP contribution in [0.15, 0.2) is 60.7 Å². The molecule has 156 valence electrons. The molecule has 7 heteroatoms. The minimum absolute atomic E-state index is 0.141. The first-order valence-corrected chi connectivity index (χ1v) is 10.5. The van der Waals surface area contributed by atoms with Crippen molar-refractivity contribution in [1.29, 1.82) is 0 Å². The van der Waals surface area contributed by atoms with Gasteiger partial charge in [0.15, 0.2) is 0 Å². The van der Waals surface area contributed by atoms with Crippen LogP contribution in [0.25, 0.3) is 10.8 Å². The van der Waals surface area contributed by atoms with Gasteiger partial charge in [0.2, 0.25) is 5.91 Å². The molecule has 3 aromatic carbocycles. The van der Waals surface area contributed by atoms with Gasteiger partial charge in [-0.15, -0.1) is 11.3 Å². The second-order valence-electron chi connectivity index (χ2n) is 7.19. The number of hydrogen-bond donors (Lipinski definition) is 3. The van der Waals surface area contributed by atoms with Gasteiger partial charge in [-0.05, 0) is 41.5 Å². The molecule has 0 saturated carbocycles. The Bertz CT molecular complexity index is 1290. The lowest BCUT2D eigenvalue weighted by molar-refractivity contribution is -0.115. The maximum atomic E-state index is 12.5. The average molecular weight is 433 g/mol. The van der Waals surface area contributed by atoms with Gasteiger partial charge in [-0.2, -0.15) is 0 Å². The number of carboxylic acid groups (broad SMARTS) is 1. The summed E-state index contributed by atoms with van der Waals surface area (Å²) in [5.41, 5.74) is 2.06. The molecule has 1 amide bonds. The fraction of sp³-hybridized carbons (Fsp3) is 0.125. The van der Waals surface area contributed by atoms with Gasteiger partial charge in [-0.3, -0.25) is 4.79 Å². The molecule has 4 rings (SSSR count). The molecule has 0 spiro atoms. The van der Waals surface area contributed by atoms with Crippen LogP contribution in [-0.2, 0) is 17.6 Å². The number of aromatic carboxylic acids is 1. The third-order valence-electron chi connectivity index (χ3n) is 4.99. The van der Waals surface area contributed by atoms with Crippen molar-refractivity contribution in [3.05, 3.63) is 87.4 Å². The molecule has 6 nitrogen and oxygen atoms in total. The fourth-order valence-corrected chi connectivity index (χ4v) is 4.56. The molecule has 4 aromatic rings. The van der Waals surface area contributed by atoms with Crippen LogP contribution in [-0.4, -0.2) is 27.1 Å². The molecule has 0 bridgehead atoms. The topological polar surface area (TPSA) is 99.5 Å². The molecule has 0 aliphatic rings. The van der Waals surface area contributed by atoms with Crippen LogP contribution >= 0.6 is 11.3 Å². The van der Waals surface area contributed by atoms with Gasteiger partial charge >= 0.3 is 5.97 Å². The van der Waals surface area contributed by atoms with E-state index < -0.39 is 5.97 Å². The van der Waals surface area contributed by atoms with E-state index in [4.69, 9.17) is 5.11 Å². The van der Waals surface area contributed by atoms with Crippen molar-refractivity contribution in [1.82, 2.24) is 4.98 Å². The van der Waals surface area contributed by atoms with Gasteiger partial charge < -0.3 is 15.5 Å². The van der Waals surface area contributed by atoms with Crippen LogP contribution in [0.1, 0.15) is 31.5 Å². The summed E-state index contributed by atoms with van der Waals surface area (Å²) < 4.78 is 0. The molecule has 31 heavy (non-hydrogen) atoms. The van der Waals surface area contributed by atoms with Gasteiger partial charge in [0.1, 0.15) is 11.3 Å². The second kappa shape index (κ2) is 8.57. The fourth-order valence-electron chi connectivity index (χ4n) is 3.47. The number of fused-ring (bicyclic) bond motifs is 1. The lowest BCUT2D eigenvalue weighted by Crippen LogP contribution is -2.14. The quantitative estimate of drug-likeness (QED) is 0.381. The van der Waals surface area contributed by atoms with E-state index >= 15 is 0 Å². The number of nitrogens with one attached hydrogen (secondary N) is 1. The van der Waals surface area contributed by atoms with E-state index in [1.165, 1.54) is 45.9 Å². The molecule has 0 aliphatic heterocycles. The Kier molecular flexibility index (Phi) is 5.68. The lowest BCUT2D eigenvalue weighted by atomic mass is 10.0. The van der Waals surface area contributed by atoms with E-state index in [1.54, 1.807) is 0 Å². The zero-order valence-corrected chi connectivity index (χ0v) is 17.6. The number of aryl methyl sites for hydroxylation is 1. The maximum Gasteiger partial charge on any atom is 0.339 e. The third kappa shape index (κ3) is 4.57. The second-order valence-corrected chi connectivity index (χ2v) is 8.36. The molecule has 3 N–H and O–H groups in total. The number of carbonyl (C=O) groups excluding carboxylic acids is 1. The normalized spacial score (nSPS) is 10.9. The molecule has 0 aliphatic carbocycles. The molecule has 0 atom stereocenters. The molecule has 0 unspecified atom stereocenters. The number of nitrogens with zero attached hydrogens (tertiary/aromatic N) is 1. The predicted molar refractivity (Wildman–Crippen MR) is 121 cm³/mol. The Morgan fingerprint density at radius 1 is 1.06 bits per heavy atom. The number of hydrogen-bond acceptors (Lipinski definition) is 5. The summed E-state index contributed by atoms with van der Waals surface area (Å²) in [4.78, 5) is 29.2. The third-order valence-corrected chi connectivity index (χ3v) is 6.15. The van der Waals surface area contributed by atoms with Crippen molar-refractivity contribution in [3.63, 3.8) is 0 Å². The smallest absolute Gasteiger partial charge is 0.339 e. The highest BCUT2D eigenvalue weighted by Gasteiger charge is 2.15. The Morgan fingerprint density at radius 2 is 1.84 bits per heavy atom. The van der Waals surface area contributed by atoms with Crippen LogP contribution in [0.3, 0.4) is 0 Å². The lowest BCUT2D eigenvalue weighted by Gasteiger charge is -2.07. The zero-order chi connectivity index (χ0) is 22.0. The van der Waals surface area contributed by atoms with E-state index in [0.29, 0.717) is 12.1 Å². The van der Waals surface area contributed by atoms with Crippen molar-refractivity contribution in [2.75, 3.05) is 5.32 Å². The van der Waals surface area contributed by atoms with Crippen LogP contribution < -0.4 is 5.32 Å². The summed E-state index contributed by atoms with van der Waals surface area (Å²) in [6.07, 6.45) is 0.830. The summed E-state index contributed by atoms with van der Waals surface area (Å²) >= 11 is 1.51. The van der Waals surface area contributed by atoms with Crippen LogP contribution in [0.5, 0.6) is 5.75 Å². The molecule has 0 saturated heterocycles. The molecular weight excluding hydrogens is 412 g/mol. The zero-order valence-electron chi connectivity index (χ0n) is 16.8. The SMILES string of the molecule is Cc1nc(Cc2cccc3ccccc23)sc1CC(=O)Nc1ccc(O)c(C(=O)O)c1. The van der Waals surface area contributed by atoms with Crippen LogP contribution in [0.2, 0.25) is 0 Å². The Hall–Kier alpha value is -3.71. The summed E-state index contributed by atoms with van der Waals surface area (Å²) in [6.45, 7) is 1.88. The van der Waals surface area contributed by atoms with Crippen molar-refractivity contribution < 1.29 is 19.8 Å². The van der Waals surface area contributed by atoms with Gasteiger partial charge in [0.05, 0.1) is 17.1 Å². The first-order valence-electron chi connectivity index (χ1n) is 9.68. The van der Waals surface area contributed by atoms with Crippen molar-refractivity contribution in [2.45, 2.75) is 19.8 Å². The van der Waals surface area contributed by atoms with Gasteiger partial charge in [-0.25, -0.2) is 9.78 Å². The minimum Gasteiger partial charge on any atom is -0.507 e. The number of thiazole rings is 1. The average Bonchev–Trinajstić information content (AvgIpc) is 3.08. The van der Waals surface area contributed by atoms with Crippen molar-refractivity contribution in [3.8, 4) is 5.75 Å². The summed E-state index contributed by atoms with van der Waals surface area (Å²) in [5.74, 6) is -1.88. The summed E-state index contributed by atoms with van der Waals surface area (Å²) in [6, 6.07) is 18.4. The van der Waals surface area contributed by atoms with E-state index in [-0.39, 0.29) is 23.6 Å². The van der Waals surface area contributed by atoms with Crippen molar-refractivity contribution >= 4 is 39.7 Å². The van der Waals surface area contributed by atoms with Crippen LogP contribution in [0, 0.1) is 6.92 Å². The first kappa shape index (κ1) is 20.6. The number of carbonyl (C=O) groups is 2. The number of rotatable bonds is 6. The first-order chi connectivity index (χ1) is 14.9. The number of amides is 1. The van der Waals surface area contributed by atoms with Crippen LogP contribution in [0.4, 0.5) is 5.69 Å². The number of benzene rings is 3. The molecule has 1 aromatic heterocycles. The number of phenols is 1. The highest BCUT2D eigenvalue weighted by Crippen LogP contribution is 2.26. The van der Waals surface area contributed by atoms with Gasteiger partial charge in [-0.1, -0.05) is 42.5 Å². The number of anilines is 1. The minimum atomic E-state index is -1.26. The summed E-state index contributed by atoms with van der Waals surface area (Å²) in [7, 11) is 0. The predicted octanol–water partition coefficient (Wildman–Crippen LogP) is 4.78.